The number of thiazole rings is 1. The summed E-state index contributed by atoms with van der Waals surface area (Å²) in [5, 5.41) is 40.6. The quantitative estimate of drug-likeness (QED) is 0.451. The predicted molar refractivity (Wildman–Crippen MR) is 104 cm³/mol. The highest BCUT2D eigenvalue weighted by atomic mass is 32.1. The van der Waals surface area contributed by atoms with Gasteiger partial charge in [-0.15, -0.1) is 0 Å². The first-order valence-electron chi connectivity index (χ1n) is 8.32. The number of aromatic hydroxyl groups is 1. The molecule has 3 rings (SSSR count). The predicted octanol–water partition coefficient (Wildman–Crippen LogP) is 3.16. The average Bonchev–Trinajstić information content (AvgIpc) is 3.29. The van der Waals surface area contributed by atoms with Gasteiger partial charge in [-0.05, 0) is 0 Å². The molecule has 2 N–H and O–H groups in total. The molecular weight excluding hydrogens is 402 g/mol. The van der Waals surface area contributed by atoms with Crippen LogP contribution in [0.25, 0.3) is 5.00 Å². The standard InChI is InChI=1S/C16H17N7O5S/c1-16(2,3)13-14(21-8-17-7-19-21)29-15(20-13)18-6-9-4-10(22(25)26)5-11(12(9)24)23(27)28/h4-5,7-8,24H,6H2,1-3H3,(H,18,20). The summed E-state index contributed by atoms with van der Waals surface area (Å²) in [4.78, 5) is 29.0. The number of rotatable bonds is 6. The Kier molecular flexibility index (Phi) is 5.16. The highest BCUT2D eigenvalue weighted by Crippen LogP contribution is 2.37. The van der Waals surface area contributed by atoms with E-state index in [9.17, 15) is 25.3 Å². The lowest BCUT2D eigenvalue weighted by Gasteiger charge is -2.16. The minimum atomic E-state index is -0.865. The molecule has 0 radical (unpaired) electrons. The second kappa shape index (κ2) is 7.43. The van der Waals surface area contributed by atoms with Gasteiger partial charge >= 0.3 is 5.69 Å². The first-order chi connectivity index (χ1) is 13.6. The highest BCUT2D eigenvalue weighted by molar-refractivity contribution is 7.18. The third-order valence-electron chi connectivity index (χ3n) is 3.94. The van der Waals surface area contributed by atoms with E-state index in [4.69, 9.17) is 0 Å². The van der Waals surface area contributed by atoms with E-state index >= 15 is 0 Å². The largest absolute Gasteiger partial charge is 0.502 e. The van der Waals surface area contributed by atoms with Gasteiger partial charge in [0.25, 0.3) is 5.69 Å². The molecule has 1 aromatic carbocycles. The summed E-state index contributed by atoms with van der Waals surface area (Å²) in [5.74, 6) is -0.628. The fourth-order valence-electron chi connectivity index (χ4n) is 2.56. The Morgan fingerprint density at radius 1 is 1.24 bits per heavy atom. The summed E-state index contributed by atoms with van der Waals surface area (Å²) >= 11 is 1.28. The molecule has 0 spiro atoms. The van der Waals surface area contributed by atoms with Gasteiger partial charge in [-0.25, -0.2) is 14.6 Å². The molecule has 29 heavy (non-hydrogen) atoms. The number of hydrogen-bond acceptors (Lipinski definition) is 10. The molecule has 0 unspecified atom stereocenters. The van der Waals surface area contributed by atoms with Gasteiger partial charge in [-0.2, -0.15) is 5.10 Å². The number of nitrogens with one attached hydrogen (secondary N) is 1. The smallest absolute Gasteiger partial charge is 0.317 e. The van der Waals surface area contributed by atoms with Crippen molar-refractivity contribution >= 4 is 27.8 Å². The number of hydrogen-bond donors (Lipinski definition) is 2. The van der Waals surface area contributed by atoms with Crippen molar-refractivity contribution < 1.29 is 15.0 Å². The maximum absolute atomic E-state index is 11.1. The van der Waals surface area contributed by atoms with Gasteiger partial charge in [0.2, 0.25) is 0 Å². The number of nitro benzene ring substituents is 2. The first-order valence-corrected chi connectivity index (χ1v) is 9.14. The Bertz CT molecular complexity index is 1070. The summed E-state index contributed by atoms with van der Waals surface area (Å²) in [7, 11) is 0. The van der Waals surface area contributed by atoms with E-state index < -0.39 is 27.0 Å². The van der Waals surface area contributed by atoms with Crippen LogP contribution in [0.1, 0.15) is 32.0 Å². The van der Waals surface area contributed by atoms with E-state index in [0.29, 0.717) is 5.13 Å². The summed E-state index contributed by atoms with van der Waals surface area (Å²) in [6.45, 7) is 5.87. The van der Waals surface area contributed by atoms with Crippen LogP contribution in [0.4, 0.5) is 16.5 Å². The zero-order chi connectivity index (χ0) is 21.3. The molecule has 0 saturated heterocycles. The molecule has 13 heteroatoms. The molecule has 0 fully saturated rings. The number of nitro groups is 2. The Morgan fingerprint density at radius 3 is 2.52 bits per heavy atom. The Hall–Kier alpha value is -3.61. The number of phenols is 1. The molecule has 0 saturated carbocycles. The monoisotopic (exact) mass is 419 g/mol. The summed E-state index contributed by atoms with van der Waals surface area (Å²) < 4.78 is 1.58. The fourth-order valence-corrected chi connectivity index (χ4v) is 3.66. The van der Waals surface area contributed by atoms with Crippen molar-refractivity contribution in [1.82, 2.24) is 19.7 Å². The van der Waals surface area contributed by atoms with Gasteiger partial charge in [-0.1, -0.05) is 32.1 Å². The second-order valence-electron chi connectivity index (χ2n) is 7.10. The zero-order valence-corrected chi connectivity index (χ0v) is 16.5. The topological polar surface area (TPSA) is 162 Å². The maximum atomic E-state index is 11.1. The normalized spacial score (nSPS) is 11.4. The second-order valence-corrected chi connectivity index (χ2v) is 8.08. The number of nitrogens with zero attached hydrogens (tertiary/aromatic N) is 6. The molecule has 0 amide bonds. The van der Waals surface area contributed by atoms with Gasteiger partial charge < -0.3 is 10.4 Å². The van der Waals surface area contributed by atoms with Crippen molar-refractivity contribution in [3.63, 3.8) is 0 Å². The van der Waals surface area contributed by atoms with Crippen LogP contribution in [0, 0.1) is 20.2 Å². The minimum absolute atomic E-state index is 0.0146. The number of benzene rings is 1. The molecule has 0 aliphatic heterocycles. The van der Waals surface area contributed by atoms with Crippen molar-refractivity contribution in [2.75, 3.05) is 5.32 Å². The van der Waals surface area contributed by atoms with Crippen molar-refractivity contribution in [3.05, 3.63) is 56.3 Å². The van der Waals surface area contributed by atoms with E-state index in [1.165, 1.54) is 17.7 Å². The van der Waals surface area contributed by atoms with E-state index in [0.717, 1.165) is 22.8 Å². The van der Waals surface area contributed by atoms with E-state index in [1.807, 2.05) is 20.8 Å². The van der Waals surface area contributed by atoms with E-state index in [-0.39, 0.29) is 17.5 Å². The average molecular weight is 419 g/mol. The number of phenolic OH excluding ortho intramolecular Hbond substituents is 1. The van der Waals surface area contributed by atoms with Crippen LogP contribution in [0.2, 0.25) is 0 Å². The lowest BCUT2D eigenvalue weighted by molar-refractivity contribution is -0.394. The molecule has 3 aromatic rings. The number of non-ortho nitro benzene ring substituents is 1. The van der Waals surface area contributed by atoms with Crippen LogP contribution in [-0.2, 0) is 12.0 Å². The lowest BCUT2D eigenvalue weighted by atomic mass is 9.92. The van der Waals surface area contributed by atoms with E-state index in [1.54, 1.807) is 11.0 Å². The summed E-state index contributed by atoms with van der Waals surface area (Å²) in [6.07, 6.45) is 2.95. The summed E-state index contributed by atoms with van der Waals surface area (Å²) in [6, 6.07) is 1.81. The summed E-state index contributed by atoms with van der Waals surface area (Å²) in [5.41, 5.74) is -0.743. The van der Waals surface area contributed by atoms with Crippen LogP contribution in [0.3, 0.4) is 0 Å². The molecule has 2 heterocycles. The van der Waals surface area contributed by atoms with Gasteiger partial charge in [0, 0.05) is 23.6 Å². The molecule has 152 valence electrons. The van der Waals surface area contributed by atoms with Gasteiger partial charge in [-0.3, -0.25) is 20.2 Å². The third-order valence-corrected chi connectivity index (χ3v) is 4.94. The molecular formula is C16H17N7O5S. The molecule has 0 atom stereocenters. The van der Waals surface area contributed by atoms with Crippen molar-refractivity contribution in [1.29, 1.82) is 0 Å². The third kappa shape index (κ3) is 4.13. The number of anilines is 1. The minimum Gasteiger partial charge on any atom is -0.502 e. The lowest BCUT2D eigenvalue weighted by Crippen LogP contribution is -2.15. The van der Waals surface area contributed by atoms with E-state index in [2.05, 4.69) is 20.4 Å². The van der Waals surface area contributed by atoms with Crippen LogP contribution < -0.4 is 5.32 Å². The Morgan fingerprint density at radius 2 is 1.97 bits per heavy atom. The van der Waals surface area contributed by atoms with Crippen LogP contribution in [0.5, 0.6) is 5.75 Å². The molecule has 0 bridgehead atoms. The van der Waals surface area contributed by atoms with Crippen molar-refractivity contribution in [2.24, 2.45) is 0 Å². The first kappa shape index (κ1) is 20.1. The van der Waals surface area contributed by atoms with Crippen molar-refractivity contribution in [3.8, 4) is 10.8 Å². The molecule has 0 aliphatic carbocycles. The van der Waals surface area contributed by atoms with Crippen LogP contribution >= 0.6 is 11.3 Å². The van der Waals surface area contributed by atoms with Crippen LogP contribution in [-0.4, -0.2) is 34.7 Å². The maximum Gasteiger partial charge on any atom is 0.317 e. The SMILES string of the molecule is CC(C)(C)c1nc(NCc2cc([N+](=O)[O-])cc([N+](=O)[O-])c2O)sc1-n1cncn1. The Balaban J connectivity index is 1.94. The zero-order valence-electron chi connectivity index (χ0n) is 15.7. The molecule has 12 nitrogen and oxygen atoms in total. The van der Waals surface area contributed by atoms with Crippen molar-refractivity contribution in [2.45, 2.75) is 32.7 Å². The number of aromatic nitrogens is 4. The fraction of sp³-hybridized carbons (Fsp3) is 0.312. The molecule has 2 aromatic heterocycles. The van der Waals surface area contributed by atoms with Gasteiger partial charge in [0.05, 0.1) is 21.6 Å². The Labute approximate surface area is 168 Å². The van der Waals surface area contributed by atoms with Gasteiger partial charge in [0.1, 0.15) is 17.7 Å². The molecule has 0 aliphatic rings. The van der Waals surface area contributed by atoms with Crippen LogP contribution in [0.15, 0.2) is 24.8 Å². The van der Waals surface area contributed by atoms with Gasteiger partial charge in [0.15, 0.2) is 10.9 Å². The highest BCUT2D eigenvalue weighted by Gasteiger charge is 2.26.